The van der Waals surface area contributed by atoms with Crippen molar-refractivity contribution < 1.29 is 9.47 Å². The number of fused-ring (bicyclic) bond motifs is 1. The number of aryl methyl sites for hydroxylation is 1. The van der Waals surface area contributed by atoms with Gasteiger partial charge in [0, 0.05) is 63.6 Å². The standard InChI is InChI=1S/C24H38N4O2.HI/c1-4-19-8-6-9-22-20(18-27-23(19)22)10-13-26-24(25-5-2)28-14-11-21(12-15-28)30-17-7-16-29-3;/h6,8-9,18,21,27H,4-5,7,10-17H2,1-3H3,(H,25,26);1H. The number of H-pyrrole nitrogens is 1. The van der Waals surface area contributed by atoms with E-state index in [2.05, 4.69) is 53.4 Å². The van der Waals surface area contributed by atoms with E-state index in [0.29, 0.717) is 6.10 Å². The van der Waals surface area contributed by atoms with Crippen LogP contribution in [0, 0.1) is 0 Å². The van der Waals surface area contributed by atoms with Gasteiger partial charge in [-0.15, -0.1) is 24.0 Å². The lowest BCUT2D eigenvalue weighted by Crippen LogP contribution is -2.47. The van der Waals surface area contributed by atoms with Gasteiger partial charge >= 0.3 is 0 Å². The van der Waals surface area contributed by atoms with Crippen LogP contribution in [0.4, 0.5) is 0 Å². The molecule has 2 heterocycles. The van der Waals surface area contributed by atoms with Crippen LogP contribution >= 0.6 is 24.0 Å². The fourth-order valence-electron chi connectivity index (χ4n) is 4.17. The van der Waals surface area contributed by atoms with Crippen molar-refractivity contribution in [2.24, 2.45) is 4.99 Å². The Morgan fingerprint density at radius 2 is 2.00 bits per heavy atom. The highest BCUT2D eigenvalue weighted by Crippen LogP contribution is 2.22. The number of guanidine groups is 1. The summed E-state index contributed by atoms with van der Waals surface area (Å²) in [5.41, 5.74) is 4.00. The smallest absolute Gasteiger partial charge is 0.193 e. The average Bonchev–Trinajstić information content (AvgIpc) is 3.20. The van der Waals surface area contributed by atoms with E-state index in [9.17, 15) is 0 Å². The number of likely N-dealkylation sites (tertiary alicyclic amines) is 1. The maximum absolute atomic E-state index is 5.99. The number of benzene rings is 1. The van der Waals surface area contributed by atoms with E-state index >= 15 is 0 Å². The first-order chi connectivity index (χ1) is 14.8. The van der Waals surface area contributed by atoms with Crippen LogP contribution in [0.5, 0.6) is 0 Å². The Kier molecular flexibility index (Phi) is 11.7. The number of nitrogens with zero attached hydrogens (tertiary/aromatic N) is 2. The summed E-state index contributed by atoms with van der Waals surface area (Å²) in [6, 6.07) is 6.58. The number of nitrogens with one attached hydrogen (secondary N) is 2. The Hall–Kier alpha value is -1.32. The lowest BCUT2D eigenvalue weighted by Gasteiger charge is -2.34. The zero-order chi connectivity index (χ0) is 21.2. The maximum atomic E-state index is 5.99. The second-order valence-corrected chi connectivity index (χ2v) is 7.90. The lowest BCUT2D eigenvalue weighted by atomic mass is 10.1. The number of halogens is 1. The van der Waals surface area contributed by atoms with E-state index < -0.39 is 0 Å². The largest absolute Gasteiger partial charge is 0.385 e. The summed E-state index contributed by atoms with van der Waals surface area (Å²) >= 11 is 0. The molecule has 0 saturated carbocycles. The third-order valence-corrected chi connectivity index (χ3v) is 5.83. The first-order valence-electron chi connectivity index (χ1n) is 11.5. The Bertz CT molecular complexity index is 800. The zero-order valence-corrected chi connectivity index (χ0v) is 21.6. The summed E-state index contributed by atoms with van der Waals surface area (Å²) in [4.78, 5) is 10.8. The number of methoxy groups -OCH3 is 1. The van der Waals surface area contributed by atoms with Crippen LogP contribution in [-0.2, 0) is 22.3 Å². The van der Waals surface area contributed by atoms with E-state index in [1.165, 1.54) is 22.0 Å². The number of aromatic amines is 1. The van der Waals surface area contributed by atoms with Crippen molar-refractivity contribution in [3.63, 3.8) is 0 Å². The minimum atomic E-state index is 0. The monoisotopic (exact) mass is 542 g/mol. The van der Waals surface area contributed by atoms with Gasteiger partial charge in [-0.1, -0.05) is 25.1 Å². The molecule has 0 atom stereocenters. The minimum Gasteiger partial charge on any atom is -0.385 e. The summed E-state index contributed by atoms with van der Waals surface area (Å²) in [6.45, 7) is 9.56. The molecule has 174 valence electrons. The molecular formula is C24H39IN4O2. The van der Waals surface area contributed by atoms with Crippen molar-refractivity contribution in [3.05, 3.63) is 35.5 Å². The van der Waals surface area contributed by atoms with Gasteiger partial charge in [-0.25, -0.2) is 0 Å². The van der Waals surface area contributed by atoms with E-state index in [1.54, 1.807) is 7.11 Å². The molecule has 0 radical (unpaired) electrons. The summed E-state index contributed by atoms with van der Waals surface area (Å²) < 4.78 is 11.1. The molecule has 6 nitrogen and oxygen atoms in total. The Morgan fingerprint density at radius 1 is 1.19 bits per heavy atom. The Balaban J connectivity index is 0.00000341. The zero-order valence-electron chi connectivity index (χ0n) is 19.3. The molecule has 1 aromatic heterocycles. The first-order valence-corrected chi connectivity index (χ1v) is 11.5. The van der Waals surface area contributed by atoms with Crippen molar-refractivity contribution >= 4 is 40.8 Å². The SMILES string of the molecule is CCNC(=NCCc1c[nH]c2c(CC)cccc12)N1CCC(OCCCOC)CC1.I. The van der Waals surface area contributed by atoms with E-state index in [-0.39, 0.29) is 24.0 Å². The van der Waals surface area contributed by atoms with Crippen molar-refractivity contribution in [3.8, 4) is 0 Å². The molecule has 3 rings (SSSR count). The third kappa shape index (κ3) is 7.36. The van der Waals surface area contributed by atoms with Gasteiger partial charge < -0.3 is 24.7 Å². The van der Waals surface area contributed by atoms with Crippen LogP contribution < -0.4 is 5.32 Å². The second-order valence-electron chi connectivity index (χ2n) is 7.90. The topological polar surface area (TPSA) is 61.9 Å². The fraction of sp³-hybridized carbons (Fsp3) is 0.625. The van der Waals surface area contributed by atoms with Crippen LogP contribution in [0.15, 0.2) is 29.4 Å². The van der Waals surface area contributed by atoms with Gasteiger partial charge in [-0.05, 0) is 50.2 Å². The van der Waals surface area contributed by atoms with Gasteiger partial charge in [-0.3, -0.25) is 4.99 Å². The molecule has 2 aromatic rings. The van der Waals surface area contributed by atoms with Gasteiger partial charge in [0.2, 0.25) is 0 Å². The summed E-state index contributed by atoms with van der Waals surface area (Å²) in [6.07, 6.45) is 7.58. The van der Waals surface area contributed by atoms with E-state index in [4.69, 9.17) is 14.5 Å². The second kappa shape index (κ2) is 14.0. The summed E-state index contributed by atoms with van der Waals surface area (Å²) in [7, 11) is 1.74. The van der Waals surface area contributed by atoms with E-state index in [0.717, 1.165) is 77.5 Å². The Labute approximate surface area is 204 Å². The molecule has 1 aliphatic heterocycles. The maximum Gasteiger partial charge on any atom is 0.193 e. The van der Waals surface area contributed by atoms with Crippen LogP contribution in [-0.4, -0.2) is 68.4 Å². The molecule has 1 fully saturated rings. The van der Waals surface area contributed by atoms with Crippen LogP contribution in [0.25, 0.3) is 10.9 Å². The Morgan fingerprint density at radius 3 is 2.71 bits per heavy atom. The minimum absolute atomic E-state index is 0. The summed E-state index contributed by atoms with van der Waals surface area (Å²) in [5, 5.41) is 4.81. The number of ether oxygens (including phenoxy) is 2. The predicted octanol–water partition coefficient (Wildman–Crippen LogP) is 4.37. The molecule has 2 N–H and O–H groups in total. The van der Waals surface area contributed by atoms with Gasteiger partial charge in [0.15, 0.2) is 5.96 Å². The number of para-hydroxylation sites is 1. The number of hydrogen-bond donors (Lipinski definition) is 2. The molecule has 0 amide bonds. The van der Waals surface area contributed by atoms with Gasteiger partial charge in [0.1, 0.15) is 0 Å². The number of piperidine rings is 1. The number of aromatic nitrogens is 1. The van der Waals surface area contributed by atoms with Gasteiger partial charge in [0.05, 0.1) is 6.10 Å². The van der Waals surface area contributed by atoms with Crippen molar-refractivity contribution in [2.75, 3.05) is 46.5 Å². The normalized spacial score (nSPS) is 15.3. The first kappa shape index (κ1) is 25.9. The molecule has 0 spiro atoms. The predicted molar refractivity (Wildman–Crippen MR) is 140 cm³/mol. The number of aliphatic imine (C=N–C) groups is 1. The van der Waals surface area contributed by atoms with E-state index in [1.807, 2.05) is 0 Å². The van der Waals surface area contributed by atoms with Crippen molar-refractivity contribution in [2.45, 2.75) is 52.1 Å². The molecule has 1 saturated heterocycles. The van der Waals surface area contributed by atoms with Crippen LogP contribution in [0.1, 0.15) is 44.2 Å². The molecule has 7 heteroatoms. The third-order valence-electron chi connectivity index (χ3n) is 5.83. The average molecular weight is 543 g/mol. The molecule has 1 aliphatic rings. The molecule has 0 unspecified atom stereocenters. The number of hydrogen-bond acceptors (Lipinski definition) is 3. The molecule has 1 aromatic carbocycles. The highest BCUT2D eigenvalue weighted by molar-refractivity contribution is 14.0. The molecular weight excluding hydrogens is 503 g/mol. The van der Waals surface area contributed by atoms with Gasteiger partial charge in [-0.2, -0.15) is 0 Å². The highest BCUT2D eigenvalue weighted by Gasteiger charge is 2.21. The molecule has 31 heavy (non-hydrogen) atoms. The van der Waals surface area contributed by atoms with Crippen LogP contribution in [0.2, 0.25) is 0 Å². The quantitative estimate of drug-likeness (QED) is 0.203. The fourth-order valence-corrected chi connectivity index (χ4v) is 4.17. The molecule has 0 aliphatic carbocycles. The van der Waals surface area contributed by atoms with Gasteiger partial charge in [0.25, 0.3) is 0 Å². The highest BCUT2D eigenvalue weighted by atomic mass is 127. The number of rotatable bonds is 10. The van der Waals surface area contributed by atoms with Crippen LogP contribution in [0.3, 0.4) is 0 Å². The van der Waals surface area contributed by atoms with Crippen molar-refractivity contribution in [1.29, 1.82) is 0 Å². The molecule has 0 bridgehead atoms. The summed E-state index contributed by atoms with van der Waals surface area (Å²) in [5.74, 6) is 1.03. The van der Waals surface area contributed by atoms with Crippen molar-refractivity contribution in [1.82, 2.24) is 15.2 Å². The lowest BCUT2D eigenvalue weighted by molar-refractivity contribution is 0.00991.